The molecule has 0 radical (unpaired) electrons. The molecule has 3 nitrogen and oxygen atoms in total. The molecule has 0 unspecified atom stereocenters. The summed E-state index contributed by atoms with van der Waals surface area (Å²) in [5.74, 6) is 1.52. The van der Waals surface area contributed by atoms with Crippen molar-refractivity contribution in [3.8, 4) is 0 Å². The lowest BCUT2D eigenvalue weighted by molar-refractivity contribution is 0.269. The first-order chi connectivity index (χ1) is 6.92. The summed E-state index contributed by atoms with van der Waals surface area (Å²) in [4.78, 5) is 4.20. The highest BCUT2D eigenvalue weighted by Gasteiger charge is 2.21. The zero-order valence-corrected chi connectivity index (χ0v) is 10.0. The van der Waals surface area contributed by atoms with E-state index < -0.39 is 0 Å². The molecule has 0 aliphatic carbocycles. The van der Waals surface area contributed by atoms with Gasteiger partial charge in [0.1, 0.15) is 5.82 Å². The van der Waals surface area contributed by atoms with E-state index >= 15 is 0 Å². The van der Waals surface area contributed by atoms with Gasteiger partial charge in [0, 0.05) is 6.54 Å². The van der Waals surface area contributed by atoms with E-state index in [9.17, 15) is 0 Å². The molecule has 1 rings (SSSR count). The molecule has 3 heteroatoms. The van der Waals surface area contributed by atoms with E-state index in [4.69, 9.17) is 5.73 Å². The second-order valence-electron chi connectivity index (χ2n) is 4.97. The maximum absolute atomic E-state index is 5.57. The SMILES string of the molecule is CC(C)C(C)(C)CNc1ccc(N)cn1. The smallest absolute Gasteiger partial charge is 0.126 e. The molecule has 1 aromatic rings. The highest BCUT2D eigenvalue weighted by Crippen LogP contribution is 2.26. The Morgan fingerprint density at radius 3 is 2.53 bits per heavy atom. The Morgan fingerprint density at radius 2 is 2.07 bits per heavy atom. The molecule has 0 bridgehead atoms. The molecule has 0 amide bonds. The van der Waals surface area contributed by atoms with Crippen LogP contribution in [0.15, 0.2) is 18.3 Å². The fraction of sp³-hybridized carbons (Fsp3) is 0.583. The quantitative estimate of drug-likeness (QED) is 0.798. The summed E-state index contributed by atoms with van der Waals surface area (Å²) in [6, 6.07) is 3.77. The van der Waals surface area contributed by atoms with Crippen molar-refractivity contribution in [2.75, 3.05) is 17.6 Å². The first kappa shape index (κ1) is 11.8. The number of aromatic nitrogens is 1. The van der Waals surface area contributed by atoms with E-state index in [0.29, 0.717) is 11.6 Å². The van der Waals surface area contributed by atoms with Crippen molar-refractivity contribution in [2.45, 2.75) is 27.7 Å². The summed E-state index contributed by atoms with van der Waals surface area (Å²) >= 11 is 0. The van der Waals surface area contributed by atoms with Gasteiger partial charge in [-0.25, -0.2) is 4.98 Å². The van der Waals surface area contributed by atoms with Gasteiger partial charge < -0.3 is 11.1 Å². The second kappa shape index (κ2) is 4.51. The van der Waals surface area contributed by atoms with Crippen LogP contribution in [0, 0.1) is 11.3 Å². The molecule has 1 aromatic heterocycles. The van der Waals surface area contributed by atoms with Gasteiger partial charge in [-0.2, -0.15) is 0 Å². The minimum absolute atomic E-state index is 0.267. The van der Waals surface area contributed by atoms with Crippen molar-refractivity contribution in [1.29, 1.82) is 0 Å². The molecular formula is C12H21N3. The third-order valence-corrected chi connectivity index (χ3v) is 3.07. The van der Waals surface area contributed by atoms with Crippen LogP contribution in [0.4, 0.5) is 11.5 Å². The fourth-order valence-corrected chi connectivity index (χ4v) is 1.03. The van der Waals surface area contributed by atoms with Gasteiger partial charge in [-0.05, 0) is 23.5 Å². The van der Waals surface area contributed by atoms with Crippen LogP contribution in [0.2, 0.25) is 0 Å². The maximum Gasteiger partial charge on any atom is 0.126 e. The minimum Gasteiger partial charge on any atom is -0.397 e. The molecule has 3 N–H and O–H groups in total. The van der Waals surface area contributed by atoms with Crippen LogP contribution in [0.3, 0.4) is 0 Å². The monoisotopic (exact) mass is 207 g/mol. The van der Waals surface area contributed by atoms with Crippen LogP contribution in [-0.4, -0.2) is 11.5 Å². The van der Waals surface area contributed by atoms with Crippen molar-refractivity contribution in [3.05, 3.63) is 18.3 Å². The summed E-state index contributed by atoms with van der Waals surface area (Å²) in [6.45, 7) is 9.89. The first-order valence-electron chi connectivity index (χ1n) is 5.37. The van der Waals surface area contributed by atoms with Crippen molar-refractivity contribution < 1.29 is 0 Å². The van der Waals surface area contributed by atoms with Crippen molar-refractivity contribution in [2.24, 2.45) is 11.3 Å². The summed E-state index contributed by atoms with van der Waals surface area (Å²) < 4.78 is 0. The molecule has 0 spiro atoms. The molecular weight excluding hydrogens is 186 g/mol. The van der Waals surface area contributed by atoms with Gasteiger partial charge in [0.25, 0.3) is 0 Å². The molecule has 0 aliphatic rings. The topological polar surface area (TPSA) is 50.9 Å². The maximum atomic E-state index is 5.57. The van der Waals surface area contributed by atoms with E-state index in [0.717, 1.165) is 12.4 Å². The van der Waals surface area contributed by atoms with Crippen LogP contribution >= 0.6 is 0 Å². The summed E-state index contributed by atoms with van der Waals surface area (Å²) in [6.07, 6.45) is 1.67. The van der Waals surface area contributed by atoms with Gasteiger partial charge >= 0.3 is 0 Å². The number of nitrogens with one attached hydrogen (secondary N) is 1. The van der Waals surface area contributed by atoms with E-state index in [-0.39, 0.29) is 5.41 Å². The summed E-state index contributed by atoms with van der Waals surface area (Å²) in [5.41, 5.74) is 6.53. The van der Waals surface area contributed by atoms with E-state index in [1.165, 1.54) is 0 Å². The molecule has 0 atom stereocenters. The number of nitrogen functional groups attached to an aromatic ring is 1. The Bertz CT molecular complexity index is 301. The standard InChI is InChI=1S/C12H21N3/c1-9(2)12(3,4)8-15-11-6-5-10(13)7-14-11/h5-7,9H,8,13H2,1-4H3,(H,14,15). The number of hydrogen-bond acceptors (Lipinski definition) is 3. The van der Waals surface area contributed by atoms with Crippen LogP contribution in [0.5, 0.6) is 0 Å². The molecule has 0 aliphatic heterocycles. The van der Waals surface area contributed by atoms with Crippen molar-refractivity contribution in [3.63, 3.8) is 0 Å². The summed E-state index contributed by atoms with van der Waals surface area (Å²) in [5, 5.41) is 3.33. The first-order valence-corrected chi connectivity index (χ1v) is 5.37. The molecule has 0 saturated heterocycles. The summed E-state index contributed by atoms with van der Waals surface area (Å²) in [7, 11) is 0. The molecule has 1 heterocycles. The van der Waals surface area contributed by atoms with Gasteiger partial charge in [-0.3, -0.25) is 0 Å². The highest BCUT2D eigenvalue weighted by atomic mass is 15.0. The number of anilines is 2. The Hall–Kier alpha value is -1.25. The zero-order valence-electron chi connectivity index (χ0n) is 10.0. The normalized spacial score (nSPS) is 11.8. The molecule has 0 fully saturated rings. The van der Waals surface area contributed by atoms with Gasteiger partial charge in [-0.15, -0.1) is 0 Å². The molecule has 0 aromatic carbocycles. The average Bonchev–Trinajstić information content (AvgIpc) is 2.17. The third-order valence-electron chi connectivity index (χ3n) is 3.07. The van der Waals surface area contributed by atoms with E-state index in [1.807, 2.05) is 12.1 Å². The van der Waals surface area contributed by atoms with Crippen LogP contribution in [0.1, 0.15) is 27.7 Å². The Labute approximate surface area is 92.1 Å². The molecule has 15 heavy (non-hydrogen) atoms. The predicted octanol–water partition coefficient (Wildman–Crippen LogP) is 2.76. The Morgan fingerprint density at radius 1 is 1.40 bits per heavy atom. The van der Waals surface area contributed by atoms with Crippen LogP contribution < -0.4 is 11.1 Å². The van der Waals surface area contributed by atoms with E-state index in [1.54, 1.807) is 6.20 Å². The van der Waals surface area contributed by atoms with Crippen LogP contribution in [-0.2, 0) is 0 Å². The number of pyridine rings is 1. The largest absolute Gasteiger partial charge is 0.397 e. The lowest BCUT2D eigenvalue weighted by atomic mass is 9.81. The fourth-order valence-electron chi connectivity index (χ4n) is 1.03. The zero-order chi connectivity index (χ0) is 11.5. The van der Waals surface area contributed by atoms with Gasteiger partial charge in [0.2, 0.25) is 0 Å². The predicted molar refractivity (Wildman–Crippen MR) is 65.8 cm³/mol. The van der Waals surface area contributed by atoms with Crippen LogP contribution in [0.25, 0.3) is 0 Å². The molecule has 84 valence electrons. The minimum atomic E-state index is 0.267. The lowest BCUT2D eigenvalue weighted by Crippen LogP contribution is -2.28. The Kier molecular flexibility index (Phi) is 3.56. The Balaban J connectivity index is 2.54. The second-order valence-corrected chi connectivity index (χ2v) is 4.97. The number of hydrogen-bond donors (Lipinski definition) is 2. The number of nitrogens with two attached hydrogens (primary N) is 1. The average molecular weight is 207 g/mol. The molecule has 0 saturated carbocycles. The van der Waals surface area contributed by atoms with Gasteiger partial charge in [-0.1, -0.05) is 27.7 Å². The van der Waals surface area contributed by atoms with E-state index in [2.05, 4.69) is 38.0 Å². The van der Waals surface area contributed by atoms with Gasteiger partial charge in [0.15, 0.2) is 0 Å². The van der Waals surface area contributed by atoms with Crippen molar-refractivity contribution in [1.82, 2.24) is 4.98 Å². The van der Waals surface area contributed by atoms with Crippen molar-refractivity contribution >= 4 is 11.5 Å². The lowest BCUT2D eigenvalue weighted by Gasteiger charge is -2.29. The highest BCUT2D eigenvalue weighted by molar-refractivity contribution is 5.43. The number of nitrogens with zero attached hydrogens (tertiary/aromatic N) is 1. The third kappa shape index (κ3) is 3.42. The number of rotatable bonds is 4. The van der Waals surface area contributed by atoms with Gasteiger partial charge in [0.05, 0.1) is 11.9 Å².